The van der Waals surface area contributed by atoms with E-state index in [1.807, 2.05) is 0 Å². The fourth-order valence-electron chi connectivity index (χ4n) is 1.76. The lowest BCUT2D eigenvalue weighted by atomic mass is 10.2. The van der Waals surface area contributed by atoms with Gasteiger partial charge in [0.15, 0.2) is 0 Å². The van der Waals surface area contributed by atoms with E-state index in [-0.39, 0.29) is 21.6 Å². The third-order valence-corrected chi connectivity index (χ3v) is 2.93. The first-order valence-electron chi connectivity index (χ1n) is 5.58. The topological polar surface area (TPSA) is 55.0 Å². The van der Waals surface area contributed by atoms with E-state index in [9.17, 15) is 13.6 Å². The second-order valence-corrected chi connectivity index (χ2v) is 4.43. The van der Waals surface area contributed by atoms with Gasteiger partial charge in [-0.2, -0.15) is 0 Å². The number of aromatic amines is 1. The van der Waals surface area contributed by atoms with Crippen molar-refractivity contribution in [3.8, 4) is 11.4 Å². The normalized spacial score (nSPS) is 10.4. The number of aryl methyl sites for hydroxylation is 1. The van der Waals surface area contributed by atoms with E-state index in [0.717, 1.165) is 18.2 Å². The molecule has 0 aliphatic rings. The van der Waals surface area contributed by atoms with Crippen molar-refractivity contribution >= 4 is 18.2 Å². The maximum absolute atomic E-state index is 13.2. The summed E-state index contributed by atoms with van der Waals surface area (Å²) >= 11 is 5.02. The molecule has 0 radical (unpaired) electrons. The van der Waals surface area contributed by atoms with Crippen molar-refractivity contribution in [1.82, 2.24) is 9.97 Å². The number of esters is 1. The van der Waals surface area contributed by atoms with Gasteiger partial charge in [-0.25, -0.2) is 18.6 Å². The number of nitrogens with zero attached hydrogens (tertiary/aromatic N) is 1. The Bertz CT molecular complexity index is 723. The van der Waals surface area contributed by atoms with Crippen LogP contribution in [0.15, 0.2) is 18.2 Å². The van der Waals surface area contributed by atoms with E-state index in [0.29, 0.717) is 5.69 Å². The first-order chi connectivity index (χ1) is 9.42. The Labute approximate surface area is 118 Å². The third kappa shape index (κ3) is 2.72. The van der Waals surface area contributed by atoms with E-state index < -0.39 is 17.6 Å². The Kier molecular flexibility index (Phi) is 3.89. The van der Waals surface area contributed by atoms with Crippen molar-refractivity contribution in [2.24, 2.45) is 0 Å². The Balaban J connectivity index is 2.61. The molecule has 7 heteroatoms. The summed E-state index contributed by atoms with van der Waals surface area (Å²) < 4.78 is 31.0. The molecule has 0 spiro atoms. The van der Waals surface area contributed by atoms with Crippen molar-refractivity contribution < 1.29 is 18.3 Å². The zero-order valence-corrected chi connectivity index (χ0v) is 11.5. The summed E-state index contributed by atoms with van der Waals surface area (Å²) in [5, 5.41) is 0. The number of halogens is 2. The number of hydrogen-bond donors (Lipinski definition) is 1. The van der Waals surface area contributed by atoms with Crippen LogP contribution in [0.3, 0.4) is 0 Å². The number of hydrogen-bond acceptors (Lipinski definition) is 4. The van der Waals surface area contributed by atoms with Crippen molar-refractivity contribution in [2.45, 2.75) is 6.92 Å². The first kappa shape index (κ1) is 14.3. The van der Waals surface area contributed by atoms with Gasteiger partial charge in [0.1, 0.15) is 27.7 Å². The van der Waals surface area contributed by atoms with E-state index in [1.54, 1.807) is 6.92 Å². The molecule has 0 bridgehead atoms. The predicted molar refractivity (Wildman–Crippen MR) is 70.9 cm³/mol. The van der Waals surface area contributed by atoms with Crippen molar-refractivity contribution in [3.63, 3.8) is 0 Å². The number of aromatic nitrogens is 2. The van der Waals surface area contributed by atoms with Gasteiger partial charge in [0.05, 0.1) is 7.11 Å². The maximum Gasteiger partial charge on any atom is 0.342 e. The second-order valence-electron chi connectivity index (χ2n) is 4.04. The molecule has 0 unspecified atom stereocenters. The van der Waals surface area contributed by atoms with Crippen LogP contribution in [0.25, 0.3) is 11.4 Å². The average molecular weight is 296 g/mol. The molecule has 0 aliphatic carbocycles. The Hall–Kier alpha value is -2.15. The van der Waals surface area contributed by atoms with Crippen LogP contribution in [0.5, 0.6) is 0 Å². The first-order valence-corrected chi connectivity index (χ1v) is 5.99. The molecule has 1 aromatic heterocycles. The van der Waals surface area contributed by atoms with Gasteiger partial charge in [-0.1, -0.05) is 12.2 Å². The standard InChI is InChI=1S/C13H10F2N2O2S/c1-6-10(13(18)19-2)12(20)17-11(16-6)7-3-8(14)5-9(15)4-7/h3-5H,1-2H3,(H,16,17,20). The summed E-state index contributed by atoms with van der Waals surface area (Å²) in [4.78, 5) is 18.3. The van der Waals surface area contributed by atoms with Gasteiger partial charge in [0.2, 0.25) is 0 Å². The fourth-order valence-corrected chi connectivity index (χ4v) is 2.08. The zero-order chi connectivity index (χ0) is 14.9. The monoisotopic (exact) mass is 296 g/mol. The van der Waals surface area contributed by atoms with Gasteiger partial charge in [0.25, 0.3) is 0 Å². The molecule has 2 aromatic rings. The molecule has 104 valence electrons. The lowest BCUT2D eigenvalue weighted by molar-refractivity contribution is 0.0598. The lowest BCUT2D eigenvalue weighted by Gasteiger charge is -2.08. The van der Waals surface area contributed by atoms with Crippen LogP contribution in [0, 0.1) is 23.2 Å². The molecule has 20 heavy (non-hydrogen) atoms. The molecule has 1 aromatic carbocycles. The predicted octanol–water partition coefficient (Wildman–Crippen LogP) is 3.18. The van der Waals surface area contributed by atoms with Crippen LogP contribution in [-0.4, -0.2) is 23.0 Å². The summed E-state index contributed by atoms with van der Waals surface area (Å²) in [6, 6.07) is 3.00. The quantitative estimate of drug-likeness (QED) is 0.683. The number of H-pyrrole nitrogens is 1. The highest BCUT2D eigenvalue weighted by Crippen LogP contribution is 2.20. The highest BCUT2D eigenvalue weighted by Gasteiger charge is 2.15. The molecule has 0 saturated heterocycles. The van der Waals surface area contributed by atoms with Crippen molar-refractivity contribution in [2.75, 3.05) is 7.11 Å². The maximum atomic E-state index is 13.2. The molecule has 0 atom stereocenters. The number of methoxy groups -OCH3 is 1. The van der Waals surface area contributed by atoms with Gasteiger partial charge in [0, 0.05) is 17.3 Å². The van der Waals surface area contributed by atoms with Crippen molar-refractivity contribution in [3.05, 3.63) is 45.7 Å². The van der Waals surface area contributed by atoms with Crippen LogP contribution >= 0.6 is 12.2 Å². The third-order valence-electron chi connectivity index (χ3n) is 2.63. The fraction of sp³-hybridized carbons (Fsp3) is 0.154. The summed E-state index contributed by atoms with van der Waals surface area (Å²) in [5.74, 6) is -1.89. The lowest BCUT2D eigenvalue weighted by Crippen LogP contribution is -2.09. The van der Waals surface area contributed by atoms with Gasteiger partial charge in [-0.3, -0.25) is 0 Å². The van der Waals surface area contributed by atoms with Crippen LogP contribution in [0.4, 0.5) is 8.78 Å². The zero-order valence-electron chi connectivity index (χ0n) is 10.7. The van der Waals surface area contributed by atoms with Gasteiger partial charge in [-0.15, -0.1) is 0 Å². The summed E-state index contributed by atoms with van der Waals surface area (Å²) in [6.45, 7) is 1.60. The number of carbonyl (C=O) groups is 1. The Morgan fingerprint density at radius 2 is 1.90 bits per heavy atom. The molecule has 0 saturated carbocycles. The number of nitrogens with one attached hydrogen (secondary N) is 1. The Morgan fingerprint density at radius 1 is 1.30 bits per heavy atom. The van der Waals surface area contributed by atoms with Crippen LogP contribution in [-0.2, 0) is 4.74 Å². The number of rotatable bonds is 2. The van der Waals surface area contributed by atoms with Crippen molar-refractivity contribution in [1.29, 1.82) is 0 Å². The molecule has 1 heterocycles. The second kappa shape index (κ2) is 5.46. The van der Waals surface area contributed by atoms with E-state index in [4.69, 9.17) is 12.2 Å². The van der Waals surface area contributed by atoms with Gasteiger partial charge >= 0.3 is 5.97 Å². The summed E-state index contributed by atoms with van der Waals surface area (Å²) in [5.41, 5.74) is 0.743. The van der Waals surface area contributed by atoms with E-state index in [1.165, 1.54) is 7.11 Å². The molecular weight excluding hydrogens is 286 g/mol. The van der Waals surface area contributed by atoms with E-state index >= 15 is 0 Å². The molecule has 0 fully saturated rings. The molecule has 4 nitrogen and oxygen atoms in total. The molecule has 0 amide bonds. The molecule has 0 aliphatic heterocycles. The average Bonchev–Trinajstić information content (AvgIpc) is 2.36. The highest BCUT2D eigenvalue weighted by molar-refractivity contribution is 7.71. The smallest absolute Gasteiger partial charge is 0.342 e. The van der Waals surface area contributed by atoms with Crippen LogP contribution in [0.1, 0.15) is 16.1 Å². The Morgan fingerprint density at radius 3 is 2.40 bits per heavy atom. The van der Waals surface area contributed by atoms with Gasteiger partial charge < -0.3 is 9.72 Å². The summed E-state index contributed by atoms with van der Waals surface area (Å²) in [6.07, 6.45) is 0. The minimum atomic E-state index is -0.726. The highest BCUT2D eigenvalue weighted by atomic mass is 32.1. The van der Waals surface area contributed by atoms with Crippen LogP contribution < -0.4 is 0 Å². The van der Waals surface area contributed by atoms with Crippen LogP contribution in [0.2, 0.25) is 0 Å². The largest absolute Gasteiger partial charge is 0.465 e. The minimum absolute atomic E-state index is 0.00719. The number of carbonyl (C=O) groups excluding carboxylic acids is 1. The summed E-state index contributed by atoms with van der Waals surface area (Å²) in [7, 11) is 1.23. The van der Waals surface area contributed by atoms with Gasteiger partial charge in [-0.05, 0) is 19.1 Å². The molecular formula is C13H10F2N2O2S. The van der Waals surface area contributed by atoms with E-state index in [2.05, 4.69) is 14.7 Å². The minimum Gasteiger partial charge on any atom is -0.465 e. The number of ether oxygens (including phenoxy) is 1. The molecule has 2 rings (SSSR count). The molecule has 1 N–H and O–H groups in total. The number of benzene rings is 1. The SMILES string of the molecule is COC(=O)c1c(C)[nH]c(-c2cc(F)cc(F)c2)nc1=S.